The highest BCUT2D eigenvalue weighted by Gasteiger charge is 2.58. The highest BCUT2D eigenvalue weighted by atomic mass is 28.5. The maximum Gasteiger partial charge on any atom is 0.317 e. The molecule has 4 saturated heterocycles. The Kier molecular flexibility index (Phi) is 22.0. The van der Waals surface area contributed by atoms with E-state index in [9.17, 15) is 0 Å². The van der Waals surface area contributed by atoms with Crippen LogP contribution in [0.2, 0.25) is 204 Å². The molecular formula is C65H126O9Si12. The molecule has 11 unspecified atom stereocenters. The number of benzene rings is 2. The van der Waals surface area contributed by atoms with Gasteiger partial charge >= 0.3 is 34.2 Å². The third-order valence-corrected chi connectivity index (χ3v) is 69.9. The van der Waals surface area contributed by atoms with Crippen LogP contribution in [0.3, 0.4) is 0 Å². The van der Waals surface area contributed by atoms with Gasteiger partial charge < -0.3 is 38.9 Å². The molecule has 0 bridgehead atoms. The van der Waals surface area contributed by atoms with E-state index >= 15 is 0 Å². The van der Waals surface area contributed by atoms with Crippen molar-refractivity contribution in [3.05, 3.63) is 48.5 Å². The molecule has 7 aliphatic rings. The molecule has 9 nitrogen and oxygen atoms in total. The van der Waals surface area contributed by atoms with Crippen molar-refractivity contribution in [1.82, 2.24) is 0 Å². The molecule has 11 atom stereocenters. The lowest BCUT2D eigenvalue weighted by molar-refractivity contribution is 0.214. The summed E-state index contributed by atoms with van der Waals surface area (Å²) in [6.45, 7) is 52.8. The van der Waals surface area contributed by atoms with Crippen LogP contribution in [-0.2, 0) is 38.9 Å². The van der Waals surface area contributed by atoms with Crippen LogP contribution in [0.25, 0.3) is 0 Å². The second-order valence-corrected chi connectivity index (χ2v) is 87.2. The number of hydrogen-bond acceptors (Lipinski definition) is 9. The van der Waals surface area contributed by atoms with Crippen molar-refractivity contribution in [3.8, 4) is 0 Å². The molecule has 21 heteroatoms. The van der Waals surface area contributed by atoms with Gasteiger partial charge in [-0.25, -0.2) is 0 Å². The molecule has 3 saturated carbocycles. The van der Waals surface area contributed by atoms with E-state index in [-0.39, 0.29) is 0 Å². The predicted octanol–water partition coefficient (Wildman–Crippen LogP) is 16.8. The summed E-state index contributed by atoms with van der Waals surface area (Å²) in [4.78, 5) is 0. The summed E-state index contributed by atoms with van der Waals surface area (Å²) in [5, 5.41) is 6.38. The summed E-state index contributed by atoms with van der Waals surface area (Å²) >= 11 is 0. The van der Waals surface area contributed by atoms with Crippen LogP contribution in [0.15, 0.2) is 48.5 Å². The number of hydrogen-bond donors (Lipinski definition) is 0. The molecule has 7 fully saturated rings. The standard InChI is InChI=1S/C65H126O9Si12/c1-75(2,3)56-25-27-57(28-26-56)76(4,5)42-45-79(10,11)69-80(12,13)46-43-77(6,7)58-29-31-59(32-30-58)78(8,9)44-47-81(14,15)70-82(16,17)48-49-86(21)73-84(19,40-37-54-23-34-61-64(51-54)67-61)71-83(18,39-36-53-22-33-60-63(50-53)66-60)72-85(20,74-86)41-38-55-24-35-62-65(52-55)68-62/h25-32,53-55,60-65H,22-24,33-52H2,1-21H3. The molecule has 0 radical (unpaired) electrons. The van der Waals surface area contributed by atoms with Crippen molar-refractivity contribution in [2.75, 3.05) is 0 Å². The minimum absolute atomic E-state index is 0.487. The smallest absolute Gasteiger partial charge is 0.317 e. The van der Waals surface area contributed by atoms with Gasteiger partial charge in [0, 0.05) is 0 Å². The van der Waals surface area contributed by atoms with Crippen molar-refractivity contribution in [2.45, 2.75) is 318 Å². The van der Waals surface area contributed by atoms with Gasteiger partial charge in [0.1, 0.15) is 0 Å². The summed E-state index contributed by atoms with van der Waals surface area (Å²) in [6, 6.07) is 32.7. The van der Waals surface area contributed by atoms with Gasteiger partial charge in [-0.2, -0.15) is 0 Å². The zero-order valence-electron chi connectivity index (χ0n) is 58.8. The lowest BCUT2D eigenvalue weighted by Crippen LogP contribution is -2.67. The summed E-state index contributed by atoms with van der Waals surface area (Å²) in [7, 11) is -25.1. The number of rotatable bonds is 29. The van der Waals surface area contributed by atoms with E-state index in [2.05, 4.69) is 186 Å². The molecule has 0 N–H and O–H groups in total. The van der Waals surface area contributed by atoms with E-state index in [1.165, 1.54) is 100 Å². The minimum atomic E-state index is -2.83. The summed E-state index contributed by atoms with van der Waals surface area (Å²) < 4.78 is 64.7. The second kappa shape index (κ2) is 26.7. The van der Waals surface area contributed by atoms with E-state index in [0.717, 1.165) is 43.1 Å². The van der Waals surface area contributed by atoms with E-state index in [4.69, 9.17) is 38.9 Å². The van der Waals surface area contributed by atoms with E-state index in [1.54, 1.807) is 20.7 Å². The number of ether oxygens (including phenoxy) is 3. The summed E-state index contributed by atoms with van der Waals surface area (Å²) in [6.07, 6.45) is 17.6. The van der Waals surface area contributed by atoms with Gasteiger partial charge in [-0.3, -0.25) is 0 Å². The second-order valence-electron chi connectivity index (χ2n) is 35.5. The van der Waals surface area contributed by atoms with Gasteiger partial charge in [-0.15, -0.1) is 0 Å². The van der Waals surface area contributed by atoms with Gasteiger partial charge in [0.05, 0.1) is 68.9 Å². The molecule has 86 heavy (non-hydrogen) atoms. The Balaban J connectivity index is 0.802. The van der Waals surface area contributed by atoms with Crippen LogP contribution in [0, 0.1) is 17.8 Å². The molecule has 2 aromatic carbocycles. The molecule has 4 aliphatic heterocycles. The first-order valence-corrected chi connectivity index (χ1v) is 70.7. The fourth-order valence-electron chi connectivity index (χ4n) is 16.3. The first-order valence-electron chi connectivity index (χ1n) is 35.0. The van der Waals surface area contributed by atoms with Gasteiger partial charge in [0.2, 0.25) is 0 Å². The zero-order chi connectivity index (χ0) is 62.8. The maximum atomic E-state index is 7.93. The first kappa shape index (κ1) is 71.0. The van der Waals surface area contributed by atoms with E-state index < -0.39 is 99.8 Å². The first-order chi connectivity index (χ1) is 39.6. The van der Waals surface area contributed by atoms with Crippen molar-refractivity contribution in [1.29, 1.82) is 0 Å². The van der Waals surface area contributed by atoms with Crippen LogP contribution in [0.4, 0.5) is 0 Å². The monoisotopic (exact) mass is 1390 g/mol. The summed E-state index contributed by atoms with van der Waals surface area (Å²) in [5.41, 5.74) is 0. The average Bonchev–Trinajstić information content (AvgIpc) is 2.40. The molecule has 4 heterocycles. The van der Waals surface area contributed by atoms with E-state index in [1.807, 2.05) is 0 Å². The third-order valence-electron chi connectivity index (χ3n) is 22.4. The molecule has 0 spiro atoms. The van der Waals surface area contributed by atoms with E-state index in [0.29, 0.717) is 54.4 Å². The third kappa shape index (κ3) is 20.1. The van der Waals surface area contributed by atoms with Crippen molar-refractivity contribution in [3.63, 3.8) is 0 Å². The van der Waals surface area contributed by atoms with Crippen LogP contribution in [-0.4, -0.2) is 136 Å². The largest absolute Gasteiger partial charge is 0.456 e. The Labute approximate surface area is 539 Å². The Morgan fingerprint density at radius 2 is 0.581 bits per heavy atom. The number of fused-ring (bicyclic) bond motifs is 3. The molecular weight excluding hydrogens is 1260 g/mol. The van der Waals surface area contributed by atoms with Crippen molar-refractivity contribution < 1.29 is 38.9 Å². The van der Waals surface area contributed by atoms with Gasteiger partial charge in [-0.05, 0) is 222 Å². The fourth-order valence-corrected chi connectivity index (χ4v) is 76.9. The molecule has 2 aromatic rings. The fraction of sp³-hybridized carbons (Fsp3) is 0.815. The van der Waals surface area contributed by atoms with Crippen LogP contribution < -0.4 is 20.7 Å². The Hall–Kier alpha value is 0.683. The maximum absolute atomic E-state index is 7.93. The molecule has 0 amide bonds. The normalized spacial score (nSPS) is 33.7. The molecule has 3 aliphatic carbocycles. The SMILES string of the molecule is C[Si](C)(CC[Si]1(C)O[Si](C)(CCC2CCC3OC3C2)O[Si](C)(CCC2CCC3OC3C2)O[Si](C)(CCC2CCC3OC3C2)O1)O[Si](C)(C)CC[Si](C)(C)c1ccc([Si](C)(C)CC[Si](C)(C)O[Si](C)(C)CC[Si](C)(C)c2ccc([Si](C)(C)C)cc2)cc1. The Morgan fingerprint density at radius 1 is 0.326 bits per heavy atom. The lowest BCUT2D eigenvalue weighted by Gasteiger charge is -2.51. The highest BCUT2D eigenvalue weighted by molar-refractivity contribution is 6.96. The van der Waals surface area contributed by atoms with Crippen LogP contribution >= 0.6 is 0 Å². The minimum Gasteiger partial charge on any atom is -0.456 e. The Bertz CT molecular complexity index is 2530. The average molecular weight is 1390 g/mol. The highest BCUT2D eigenvalue weighted by Crippen LogP contribution is 2.48. The molecule has 9 rings (SSSR count). The van der Waals surface area contributed by atoms with Gasteiger partial charge in [0.25, 0.3) is 0 Å². The molecule has 488 valence electrons. The van der Waals surface area contributed by atoms with Crippen molar-refractivity contribution in [2.24, 2.45) is 17.8 Å². The van der Waals surface area contributed by atoms with Crippen molar-refractivity contribution >= 4 is 121 Å². The topological polar surface area (TPSA) is 93.0 Å². The predicted molar refractivity (Wildman–Crippen MR) is 395 cm³/mol. The molecule has 0 aromatic heterocycles. The zero-order valence-corrected chi connectivity index (χ0v) is 70.8. The van der Waals surface area contributed by atoms with Gasteiger partial charge in [-0.1, -0.05) is 146 Å². The quantitative estimate of drug-likeness (QED) is 0.0583. The van der Waals surface area contributed by atoms with Gasteiger partial charge in [0.15, 0.2) is 33.3 Å². The Morgan fingerprint density at radius 3 is 0.849 bits per heavy atom. The van der Waals surface area contributed by atoms with Crippen LogP contribution in [0.1, 0.15) is 77.0 Å². The number of epoxide rings is 3. The lowest BCUT2D eigenvalue weighted by atomic mass is 9.88. The van der Waals surface area contributed by atoms with Crippen LogP contribution in [0.5, 0.6) is 0 Å². The summed E-state index contributed by atoms with van der Waals surface area (Å²) in [5.74, 6) is 2.06.